The zero-order chi connectivity index (χ0) is 21.1. The molecule has 156 valence electrons. The van der Waals surface area contributed by atoms with E-state index < -0.39 is 5.97 Å². The molecule has 0 bridgehead atoms. The summed E-state index contributed by atoms with van der Waals surface area (Å²) in [6.07, 6.45) is 0. The lowest BCUT2D eigenvalue weighted by Gasteiger charge is -2.38. The first kappa shape index (κ1) is 20.9. The average molecular weight is 399 g/mol. The monoisotopic (exact) mass is 399 g/mol. The molecular formula is C22H29N3O4. The Morgan fingerprint density at radius 1 is 1.03 bits per heavy atom. The Morgan fingerprint density at radius 3 is 2.21 bits per heavy atom. The van der Waals surface area contributed by atoms with E-state index in [-0.39, 0.29) is 11.8 Å². The fourth-order valence-electron chi connectivity index (χ4n) is 3.94. The SMILES string of the molecule is COC(=O)c1c(C)[nH]c(C(=O)[C@H](C)N2CCN(c3ccc(OC)cc3)CC2)c1C. The van der Waals surface area contributed by atoms with Gasteiger partial charge >= 0.3 is 5.97 Å². The lowest BCUT2D eigenvalue weighted by Crippen LogP contribution is -2.51. The van der Waals surface area contributed by atoms with Crippen LogP contribution in [0.3, 0.4) is 0 Å². The Labute approximate surface area is 171 Å². The van der Waals surface area contributed by atoms with Gasteiger partial charge in [-0.3, -0.25) is 9.69 Å². The van der Waals surface area contributed by atoms with E-state index in [4.69, 9.17) is 9.47 Å². The van der Waals surface area contributed by atoms with E-state index in [0.29, 0.717) is 22.5 Å². The molecule has 7 nitrogen and oxygen atoms in total. The zero-order valence-corrected chi connectivity index (χ0v) is 17.7. The molecule has 0 unspecified atom stereocenters. The molecule has 1 aliphatic heterocycles. The maximum Gasteiger partial charge on any atom is 0.339 e. The second-order valence-corrected chi connectivity index (χ2v) is 7.38. The highest BCUT2D eigenvalue weighted by molar-refractivity contribution is 6.03. The number of aryl methyl sites for hydroxylation is 1. The summed E-state index contributed by atoms with van der Waals surface area (Å²) in [5.74, 6) is 0.421. The van der Waals surface area contributed by atoms with Crippen LogP contribution in [0.1, 0.15) is 39.0 Å². The van der Waals surface area contributed by atoms with Crippen LogP contribution in [0.5, 0.6) is 5.75 Å². The van der Waals surface area contributed by atoms with E-state index in [1.165, 1.54) is 7.11 Å². The van der Waals surface area contributed by atoms with Crippen molar-refractivity contribution in [3.05, 3.63) is 46.8 Å². The summed E-state index contributed by atoms with van der Waals surface area (Å²) >= 11 is 0. The van der Waals surface area contributed by atoms with E-state index >= 15 is 0 Å². The predicted octanol–water partition coefficient (Wildman–Crippen LogP) is 2.82. The highest BCUT2D eigenvalue weighted by Crippen LogP contribution is 2.24. The number of anilines is 1. The van der Waals surface area contributed by atoms with Crippen molar-refractivity contribution in [1.82, 2.24) is 9.88 Å². The molecule has 0 amide bonds. The van der Waals surface area contributed by atoms with Crippen LogP contribution in [0, 0.1) is 13.8 Å². The van der Waals surface area contributed by atoms with Crippen LogP contribution in [-0.2, 0) is 4.74 Å². The van der Waals surface area contributed by atoms with Gasteiger partial charge in [-0.15, -0.1) is 0 Å². The summed E-state index contributed by atoms with van der Waals surface area (Å²) in [6.45, 7) is 8.79. The van der Waals surface area contributed by atoms with E-state index in [2.05, 4.69) is 26.9 Å². The summed E-state index contributed by atoms with van der Waals surface area (Å²) in [6, 6.07) is 7.77. The summed E-state index contributed by atoms with van der Waals surface area (Å²) in [5, 5.41) is 0. The predicted molar refractivity (Wildman–Crippen MR) is 112 cm³/mol. The number of hydrogen-bond acceptors (Lipinski definition) is 6. The van der Waals surface area contributed by atoms with Crippen molar-refractivity contribution in [2.24, 2.45) is 0 Å². The number of H-pyrrole nitrogens is 1. The summed E-state index contributed by atoms with van der Waals surface area (Å²) in [5.41, 5.74) is 3.42. The van der Waals surface area contributed by atoms with Gasteiger partial charge in [-0.2, -0.15) is 0 Å². The summed E-state index contributed by atoms with van der Waals surface area (Å²) in [4.78, 5) is 32.7. The number of carbonyl (C=O) groups is 2. The molecule has 1 atom stereocenters. The van der Waals surface area contributed by atoms with E-state index in [1.807, 2.05) is 19.1 Å². The molecule has 2 heterocycles. The van der Waals surface area contributed by atoms with Gasteiger partial charge in [0.15, 0.2) is 5.78 Å². The molecule has 0 spiro atoms. The molecule has 1 aliphatic rings. The molecule has 1 aromatic carbocycles. The largest absolute Gasteiger partial charge is 0.497 e. The standard InChI is InChI=1S/C22H29N3O4/c1-14-19(22(27)29-5)15(2)23-20(14)21(26)16(3)24-10-12-25(13-11-24)17-6-8-18(28-4)9-7-17/h6-9,16,23H,10-13H2,1-5H3/t16-/m0/s1. The van der Waals surface area contributed by atoms with Gasteiger partial charge in [0, 0.05) is 37.6 Å². The number of rotatable bonds is 6. The van der Waals surface area contributed by atoms with Crippen LogP contribution in [0.25, 0.3) is 0 Å². The van der Waals surface area contributed by atoms with Crippen molar-refractivity contribution in [2.75, 3.05) is 45.3 Å². The number of Topliss-reactive ketones (excluding diaryl/α,β-unsaturated/α-hetero) is 1. The molecule has 2 aromatic rings. The van der Waals surface area contributed by atoms with Crippen molar-refractivity contribution in [3.63, 3.8) is 0 Å². The zero-order valence-electron chi connectivity index (χ0n) is 17.7. The number of carbonyl (C=O) groups excluding carboxylic acids is 2. The molecule has 29 heavy (non-hydrogen) atoms. The first-order chi connectivity index (χ1) is 13.9. The van der Waals surface area contributed by atoms with Gasteiger partial charge in [0.05, 0.1) is 31.5 Å². The molecule has 3 rings (SSSR count). The fourth-order valence-corrected chi connectivity index (χ4v) is 3.94. The van der Waals surface area contributed by atoms with E-state index in [0.717, 1.165) is 37.6 Å². The number of aromatic amines is 1. The Balaban J connectivity index is 1.66. The summed E-state index contributed by atoms with van der Waals surface area (Å²) in [7, 11) is 3.01. The first-order valence-electron chi connectivity index (χ1n) is 9.82. The Hall–Kier alpha value is -2.80. The number of ether oxygens (including phenoxy) is 2. The lowest BCUT2D eigenvalue weighted by atomic mass is 10.0. The number of piperazine rings is 1. The second kappa shape index (κ2) is 8.69. The fraction of sp³-hybridized carbons (Fsp3) is 0.455. The third kappa shape index (κ3) is 4.15. The van der Waals surface area contributed by atoms with Gasteiger partial charge < -0.3 is 19.4 Å². The van der Waals surface area contributed by atoms with Gasteiger partial charge in [-0.25, -0.2) is 4.79 Å². The number of ketones is 1. The number of benzene rings is 1. The van der Waals surface area contributed by atoms with Gasteiger partial charge in [-0.1, -0.05) is 0 Å². The van der Waals surface area contributed by atoms with Crippen LogP contribution in [-0.4, -0.2) is 68.1 Å². The van der Waals surface area contributed by atoms with Gasteiger partial charge in [0.2, 0.25) is 0 Å². The average Bonchev–Trinajstić information content (AvgIpc) is 3.06. The molecule has 1 aromatic heterocycles. The van der Waals surface area contributed by atoms with Crippen molar-refractivity contribution >= 4 is 17.4 Å². The minimum atomic E-state index is -0.420. The highest BCUT2D eigenvalue weighted by atomic mass is 16.5. The lowest BCUT2D eigenvalue weighted by molar-refractivity contribution is 0.0599. The molecule has 0 aliphatic carbocycles. The highest BCUT2D eigenvalue weighted by Gasteiger charge is 2.30. The molecular weight excluding hydrogens is 370 g/mol. The van der Waals surface area contributed by atoms with Crippen molar-refractivity contribution in [1.29, 1.82) is 0 Å². The normalized spacial score (nSPS) is 15.8. The van der Waals surface area contributed by atoms with Gasteiger partial charge in [0.1, 0.15) is 5.75 Å². The van der Waals surface area contributed by atoms with E-state index in [9.17, 15) is 9.59 Å². The molecule has 1 fully saturated rings. The minimum Gasteiger partial charge on any atom is -0.497 e. The van der Waals surface area contributed by atoms with Crippen molar-refractivity contribution in [2.45, 2.75) is 26.8 Å². The molecule has 7 heteroatoms. The van der Waals surface area contributed by atoms with Gasteiger partial charge in [-0.05, 0) is 50.6 Å². The van der Waals surface area contributed by atoms with Crippen molar-refractivity contribution in [3.8, 4) is 5.75 Å². The molecule has 1 N–H and O–H groups in total. The third-order valence-electron chi connectivity index (χ3n) is 5.75. The molecule has 0 radical (unpaired) electrons. The maximum absolute atomic E-state index is 13.1. The van der Waals surface area contributed by atoms with Crippen LogP contribution in [0.4, 0.5) is 5.69 Å². The van der Waals surface area contributed by atoms with Crippen LogP contribution in [0.2, 0.25) is 0 Å². The maximum atomic E-state index is 13.1. The molecule has 1 saturated heterocycles. The quantitative estimate of drug-likeness (QED) is 0.595. The smallest absolute Gasteiger partial charge is 0.339 e. The molecule has 0 saturated carbocycles. The number of methoxy groups -OCH3 is 2. The Kier molecular flexibility index (Phi) is 6.27. The van der Waals surface area contributed by atoms with Crippen LogP contribution >= 0.6 is 0 Å². The third-order valence-corrected chi connectivity index (χ3v) is 5.75. The topological polar surface area (TPSA) is 74.9 Å². The van der Waals surface area contributed by atoms with Crippen LogP contribution in [0.15, 0.2) is 24.3 Å². The van der Waals surface area contributed by atoms with E-state index in [1.54, 1.807) is 21.0 Å². The Bertz CT molecular complexity index is 880. The van der Waals surface area contributed by atoms with Crippen molar-refractivity contribution < 1.29 is 19.1 Å². The first-order valence-corrected chi connectivity index (χ1v) is 9.82. The number of aromatic nitrogens is 1. The summed E-state index contributed by atoms with van der Waals surface area (Å²) < 4.78 is 10.1. The van der Waals surface area contributed by atoms with Gasteiger partial charge in [0.25, 0.3) is 0 Å². The van der Waals surface area contributed by atoms with Crippen LogP contribution < -0.4 is 9.64 Å². The number of nitrogens with one attached hydrogen (secondary N) is 1. The number of esters is 1. The number of hydrogen-bond donors (Lipinski definition) is 1. The second-order valence-electron chi connectivity index (χ2n) is 7.38. The minimum absolute atomic E-state index is 0.00125. The Morgan fingerprint density at radius 2 is 1.66 bits per heavy atom. The number of nitrogens with zero attached hydrogens (tertiary/aromatic N) is 2.